The van der Waals surface area contributed by atoms with Crippen LogP contribution in [0.5, 0.6) is 17.2 Å². The van der Waals surface area contributed by atoms with Crippen molar-refractivity contribution in [3.05, 3.63) is 64.3 Å². The van der Waals surface area contributed by atoms with Crippen molar-refractivity contribution in [1.82, 2.24) is 4.68 Å². The van der Waals surface area contributed by atoms with Crippen molar-refractivity contribution < 1.29 is 19.0 Å². The molecule has 2 aromatic carbocycles. The number of hydrogen-bond acceptors (Lipinski definition) is 7. The number of nitrogens with zero attached hydrogens (tertiary/aromatic N) is 3. The van der Waals surface area contributed by atoms with Crippen molar-refractivity contribution in [2.24, 2.45) is 10.1 Å². The molecule has 1 aliphatic heterocycles. The third-order valence-electron chi connectivity index (χ3n) is 4.82. The van der Waals surface area contributed by atoms with Gasteiger partial charge in [-0.3, -0.25) is 9.79 Å². The van der Waals surface area contributed by atoms with Gasteiger partial charge < -0.3 is 19.5 Å². The lowest BCUT2D eigenvalue weighted by molar-refractivity contribution is -0.118. The number of ether oxygens (including phenoxy) is 3. The summed E-state index contributed by atoms with van der Waals surface area (Å²) in [4.78, 5) is 17.1. The van der Waals surface area contributed by atoms with E-state index in [-0.39, 0.29) is 12.5 Å². The molecule has 1 aromatic heterocycles. The maximum atomic E-state index is 11.8. The lowest BCUT2D eigenvalue weighted by Gasteiger charge is -2.18. The normalized spacial score (nSPS) is 13.4. The van der Waals surface area contributed by atoms with Crippen LogP contribution in [-0.2, 0) is 4.79 Å². The van der Waals surface area contributed by atoms with Gasteiger partial charge >= 0.3 is 0 Å². The third kappa shape index (κ3) is 4.83. The molecule has 1 amide bonds. The number of nitrogens with one attached hydrogen (secondary N) is 1. The second-order valence-electron chi connectivity index (χ2n) is 7.36. The number of hydrogen-bond donors (Lipinski definition) is 1. The summed E-state index contributed by atoms with van der Waals surface area (Å²) >= 11 is 1.47. The van der Waals surface area contributed by atoms with E-state index in [1.807, 2.05) is 48.7 Å². The highest BCUT2D eigenvalue weighted by Gasteiger charge is 2.18. The molecule has 33 heavy (non-hydrogen) atoms. The third-order valence-corrected chi connectivity index (χ3v) is 5.68. The molecule has 8 nitrogen and oxygen atoms in total. The van der Waals surface area contributed by atoms with Crippen LogP contribution in [0, 0.1) is 0 Å². The molecule has 2 heterocycles. The predicted molar refractivity (Wildman–Crippen MR) is 130 cm³/mol. The van der Waals surface area contributed by atoms with Gasteiger partial charge in [0.2, 0.25) is 4.80 Å². The van der Waals surface area contributed by atoms with Crippen molar-refractivity contribution >= 4 is 29.1 Å². The van der Waals surface area contributed by atoms with E-state index in [1.165, 1.54) is 11.3 Å². The first kappa shape index (κ1) is 22.3. The molecule has 1 aliphatic rings. The van der Waals surface area contributed by atoms with E-state index >= 15 is 0 Å². The number of carbonyl (C=O) groups excluding carboxylic acids is 1. The van der Waals surface area contributed by atoms with Crippen LogP contribution in [-0.4, -0.2) is 44.2 Å². The number of rotatable bonds is 7. The van der Waals surface area contributed by atoms with Gasteiger partial charge in [-0.1, -0.05) is 18.2 Å². The second-order valence-corrected chi connectivity index (χ2v) is 8.20. The zero-order chi connectivity index (χ0) is 23.4. The molecule has 1 N–H and O–H groups in total. The molecule has 0 radical (unpaired) electrons. The summed E-state index contributed by atoms with van der Waals surface area (Å²) in [5.41, 5.74) is 4.02. The molecule has 0 fully saturated rings. The van der Waals surface area contributed by atoms with Gasteiger partial charge in [0.15, 0.2) is 18.1 Å². The topological polar surface area (TPSA) is 86.4 Å². The quantitative estimate of drug-likeness (QED) is 0.424. The number of fused-ring (bicyclic) bond motifs is 1. The number of benzene rings is 2. The Morgan fingerprint density at radius 1 is 1.30 bits per heavy atom. The number of amides is 1. The smallest absolute Gasteiger partial charge is 0.262 e. The molecule has 0 atom stereocenters. The summed E-state index contributed by atoms with van der Waals surface area (Å²) in [7, 11) is 3.19. The Labute approximate surface area is 195 Å². The molecular weight excluding hydrogens is 440 g/mol. The van der Waals surface area contributed by atoms with Crippen molar-refractivity contribution in [2.45, 2.75) is 6.92 Å². The molecule has 0 saturated heterocycles. The molecule has 4 rings (SSSR count). The van der Waals surface area contributed by atoms with E-state index in [4.69, 9.17) is 19.3 Å². The first-order valence-electron chi connectivity index (χ1n) is 10.2. The van der Waals surface area contributed by atoms with Gasteiger partial charge in [-0.25, -0.2) is 4.68 Å². The molecular formula is C24H24N4O4S. The SMILES string of the molecule is C=C(C)CN=c1scc(-c2ccc3c(c2)NC(=O)CO3)n1N=Cc1cccc(OC)c1OC. The van der Waals surface area contributed by atoms with E-state index in [2.05, 4.69) is 16.9 Å². The summed E-state index contributed by atoms with van der Waals surface area (Å²) in [5, 5.41) is 9.55. The number of aromatic nitrogens is 1. The van der Waals surface area contributed by atoms with Crippen LogP contribution in [0.3, 0.4) is 0 Å². The fraction of sp³-hybridized carbons (Fsp3) is 0.208. The number of para-hydroxylation sites is 1. The van der Waals surface area contributed by atoms with Crippen molar-refractivity contribution in [2.75, 3.05) is 32.7 Å². The van der Waals surface area contributed by atoms with Crippen molar-refractivity contribution in [3.63, 3.8) is 0 Å². The van der Waals surface area contributed by atoms with Crippen LogP contribution in [0.1, 0.15) is 12.5 Å². The first-order chi connectivity index (χ1) is 16.0. The van der Waals surface area contributed by atoms with Crippen LogP contribution < -0.4 is 24.3 Å². The minimum absolute atomic E-state index is 0.0153. The van der Waals surface area contributed by atoms with E-state index in [0.717, 1.165) is 22.4 Å². The van der Waals surface area contributed by atoms with Crippen LogP contribution in [0.15, 0.2) is 64.0 Å². The summed E-state index contributed by atoms with van der Waals surface area (Å²) in [6.45, 7) is 6.37. The monoisotopic (exact) mass is 464 g/mol. The van der Waals surface area contributed by atoms with Crippen molar-refractivity contribution in [3.8, 4) is 28.5 Å². The van der Waals surface area contributed by atoms with Crippen LogP contribution in [0.2, 0.25) is 0 Å². The molecule has 0 bridgehead atoms. The second kappa shape index (κ2) is 9.74. The summed E-state index contributed by atoms with van der Waals surface area (Å²) in [6.07, 6.45) is 1.71. The highest BCUT2D eigenvalue weighted by atomic mass is 32.1. The van der Waals surface area contributed by atoms with Gasteiger partial charge in [-0.15, -0.1) is 11.3 Å². The molecule has 0 spiro atoms. The van der Waals surface area contributed by atoms with E-state index in [1.54, 1.807) is 25.1 Å². The Balaban J connectivity index is 1.81. The molecule has 170 valence electrons. The minimum Gasteiger partial charge on any atom is -0.493 e. The number of methoxy groups -OCH3 is 2. The molecule has 3 aromatic rings. The summed E-state index contributed by atoms with van der Waals surface area (Å²) in [5.74, 6) is 1.67. The van der Waals surface area contributed by atoms with Gasteiger partial charge in [0, 0.05) is 16.5 Å². The zero-order valence-corrected chi connectivity index (χ0v) is 19.4. The summed E-state index contributed by atoms with van der Waals surface area (Å²) < 4.78 is 18.2. The van der Waals surface area contributed by atoms with Crippen LogP contribution >= 0.6 is 11.3 Å². The van der Waals surface area contributed by atoms with Crippen molar-refractivity contribution in [1.29, 1.82) is 0 Å². The summed E-state index contributed by atoms with van der Waals surface area (Å²) in [6, 6.07) is 11.2. The van der Waals surface area contributed by atoms with Gasteiger partial charge in [-0.05, 0) is 37.3 Å². The molecule has 0 saturated carbocycles. The van der Waals surface area contributed by atoms with Crippen LogP contribution in [0.25, 0.3) is 11.3 Å². The van der Waals surface area contributed by atoms with Crippen LogP contribution in [0.4, 0.5) is 5.69 Å². The first-order valence-corrected chi connectivity index (χ1v) is 11.1. The average molecular weight is 465 g/mol. The highest BCUT2D eigenvalue weighted by Crippen LogP contribution is 2.33. The maximum absolute atomic E-state index is 11.8. The Hall–Kier alpha value is -3.85. The van der Waals surface area contributed by atoms with Gasteiger partial charge in [0.05, 0.1) is 38.4 Å². The van der Waals surface area contributed by atoms with Gasteiger partial charge in [0.25, 0.3) is 5.91 Å². The Morgan fingerprint density at radius 2 is 2.15 bits per heavy atom. The zero-order valence-electron chi connectivity index (χ0n) is 18.6. The fourth-order valence-corrected chi connectivity index (χ4v) is 4.13. The number of anilines is 1. The fourth-order valence-electron chi connectivity index (χ4n) is 3.30. The molecule has 0 aliphatic carbocycles. The van der Waals surface area contributed by atoms with E-state index in [9.17, 15) is 4.79 Å². The Kier molecular flexibility index (Phi) is 6.60. The number of thiazole rings is 1. The van der Waals surface area contributed by atoms with E-state index in [0.29, 0.717) is 34.3 Å². The Bertz CT molecular complexity index is 1310. The number of carbonyl (C=O) groups is 1. The highest BCUT2D eigenvalue weighted by molar-refractivity contribution is 7.07. The largest absolute Gasteiger partial charge is 0.493 e. The Morgan fingerprint density at radius 3 is 2.91 bits per heavy atom. The lowest BCUT2D eigenvalue weighted by Crippen LogP contribution is -2.25. The lowest BCUT2D eigenvalue weighted by atomic mass is 10.1. The predicted octanol–water partition coefficient (Wildman–Crippen LogP) is 3.92. The molecule has 9 heteroatoms. The maximum Gasteiger partial charge on any atom is 0.262 e. The van der Waals surface area contributed by atoms with Gasteiger partial charge in [0.1, 0.15) is 5.75 Å². The average Bonchev–Trinajstić information content (AvgIpc) is 3.23. The van der Waals surface area contributed by atoms with Gasteiger partial charge in [-0.2, -0.15) is 5.10 Å². The van der Waals surface area contributed by atoms with E-state index < -0.39 is 0 Å². The standard InChI is InChI=1S/C24H24N4O4S/c1-15(2)11-25-24-28(26-12-17-6-5-7-21(30-3)23(17)31-4)19(14-33-24)16-8-9-20-18(10-16)27-22(29)13-32-20/h5-10,12,14H,1,11,13H2,2-4H3,(H,27,29). The minimum atomic E-state index is -0.182. The molecule has 0 unspecified atom stereocenters.